The topological polar surface area (TPSA) is 33.3 Å². The molecule has 0 radical (unpaired) electrons. The monoisotopic (exact) mass is 366 g/mol. The number of halogens is 1. The fourth-order valence-corrected chi connectivity index (χ4v) is 3.79. The molecule has 0 unspecified atom stereocenters. The van der Waals surface area contributed by atoms with Crippen LogP contribution in [0.2, 0.25) is 0 Å². The fourth-order valence-electron chi connectivity index (χ4n) is 3.27. The standard InChI is InChI=1S/C18H27BrN2O/c19-11-18(13-22-14-18)12-21-17-8-6-16(7-9-17)20-10-15-4-2-1-3-5-15/h6-9,15,20-21H,1-5,10-14H2. The Morgan fingerprint density at radius 2 is 1.64 bits per heavy atom. The molecule has 0 atom stereocenters. The molecule has 22 heavy (non-hydrogen) atoms. The molecule has 3 rings (SSSR count). The van der Waals surface area contributed by atoms with Gasteiger partial charge in [0.1, 0.15) is 0 Å². The van der Waals surface area contributed by atoms with Crippen molar-refractivity contribution in [2.75, 3.05) is 42.3 Å². The molecule has 1 saturated heterocycles. The van der Waals surface area contributed by atoms with Crippen molar-refractivity contribution in [1.82, 2.24) is 0 Å². The minimum Gasteiger partial charge on any atom is -0.385 e. The van der Waals surface area contributed by atoms with E-state index in [1.165, 1.54) is 43.5 Å². The van der Waals surface area contributed by atoms with Crippen LogP contribution in [0, 0.1) is 11.3 Å². The van der Waals surface area contributed by atoms with Gasteiger partial charge in [0.05, 0.1) is 13.2 Å². The zero-order chi connectivity index (χ0) is 15.3. The van der Waals surface area contributed by atoms with Gasteiger partial charge in [-0.3, -0.25) is 0 Å². The third kappa shape index (κ3) is 4.17. The normalized spacial score (nSPS) is 21.1. The van der Waals surface area contributed by atoms with Gasteiger partial charge in [-0.2, -0.15) is 0 Å². The van der Waals surface area contributed by atoms with Crippen molar-refractivity contribution in [2.24, 2.45) is 11.3 Å². The minimum atomic E-state index is 0.276. The first-order valence-corrected chi connectivity index (χ1v) is 9.63. The smallest absolute Gasteiger partial charge is 0.0569 e. The summed E-state index contributed by atoms with van der Waals surface area (Å²) in [5.74, 6) is 0.865. The molecule has 2 N–H and O–H groups in total. The van der Waals surface area contributed by atoms with Crippen LogP contribution in [0.5, 0.6) is 0 Å². The molecule has 4 heteroatoms. The average Bonchev–Trinajstić information content (AvgIpc) is 2.54. The summed E-state index contributed by atoms with van der Waals surface area (Å²) in [7, 11) is 0. The van der Waals surface area contributed by atoms with Crippen molar-refractivity contribution in [1.29, 1.82) is 0 Å². The van der Waals surface area contributed by atoms with Gasteiger partial charge in [0.15, 0.2) is 0 Å². The molecule has 1 aromatic rings. The van der Waals surface area contributed by atoms with Crippen LogP contribution >= 0.6 is 15.9 Å². The van der Waals surface area contributed by atoms with Crippen LogP contribution in [-0.4, -0.2) is 31.6 Å². The number of anilines is 2. The van der Waals surface area contributed by atoms with E-state index in [1.54, 1.807) is 0 Å². The Morgan fingerprint density at radius 3 is 2.18 bits per heavy atom. The molecular formula is C18H27BrN2O. The van der Waals surface area contributed by atoms with Gasteiger partial charge < -0.3 is 15.4 Å². The van der Waals surface area contributed by atoms with E-state index in [0.29, 0.717) is 0 Å². The molecule has 0 bridgehead atoms. The largest absolute Gasteiger partial charge is 0.385 e. The Hall–Kier alpha value is -0.740. The molecule has 0 amide bonds. The summed E-state index contributed by atoms with van der Waals surface area (Å²) in [6.07, 6.45) is 7.03. The zero-order valence-corrected chi connectivity index (χ0v) is 14.8. The number of rotatable bonds is 7. The second-order valence-corrected chi connectivity index (χ2v) is 7.50. The minimum absolute atomic E-state index is 0.276. The van der Waals surface area contributed by atoms with Crippen LogP contribution in [0.3, 0.4) is 0 Å². The molecule has 3 nitrogen and oxygen atoms in total. The second kappa shape index (κ2) is 7.69. The van der Waals surface area contributed by atoms with Crippen molar-refractivity contribution >= 4 is 27.3 Å². The van der Waals surface area contributed by atoms with Crippen LogP contribution in [0.4, 0.5) is 11.4 Å². The van der Waals surface area contributed by atoms with Gasteiger partial charge in [-0.25, -0.2) is 0 Å². The highest BCUT2D eigenvalue weighted by atomic mass is 79.9. The van der Waals surface area contributed by atoms with E-state index in [0.717, 1.165) is 37.6 Å². The molecule has 1 aliphatic heterocycles. The molecule has 122 valence electrons. The van der Waals surface area contributed by atoms with Gasteiger partial charge in [-0.1, -0.05) is 35.2 Å². The number of hydrogen-bond acceptors (Lipinski definition) is 3. The predicted octanol–water partition coefficient (Wildman–Crippen LogP) is 4.50. The summed E-state index contributed by atoms with van der Waals surface area (Å²) in [4.78, 5) is 0. The maximum Gasteiger partial charge on any atom is 0.0569 e. The first-order valence-electron chi connectivity index (χ1n) is 8.51. The van der Waals surface area contributed by atoms with Crippen molar-refractivity contribution in [3.8, 4) is 0 Å². The van der Waals surface area contributed by atoms with Gasteiger partial charge in [-0.15, -0.1) is 0 Å². The van der Waals surface area contributed by atoms with E-state index in [4.69, 9.17) is 4.74 Å². The summed E-state index contributed by atoms with van der Waals surface area (Å²) < 4.78 is 5.35. The highest BCUT2D eigenvalue weighted by Gasteiger charge is 2.37. The van der Waals surface area contributed by atoms with Crippen LogP contribution in [0.1, 0.15) is 32.1 Å². The van der Waals surface area contributed by atoms with Gasteiger partial charge >= 0.3 is 0 Å². The molecule has 0 spiro atoms. The zero-order valence-electron chi connectivity index (χ0n) is 13.2. The SMILES string of the molecule is BrCC1(CNc2ccc(NCC3CCCCC3)cc2)COC1. The summed E-state index contributed by atoms with van der Waals surface area (Å²) in [6.45, 7) is 3.79. The lowest BCUT2D eigenvalue weighted by molar-refractivity contribution is -0.0885. The number of benzene rings is 1. The Kier molecular flexibility index (Phi) is 5.64. The van der Waals surface area contributed by atoms with E-state index in [2.05, 4.69) is 50.8 Å². The molecular weight excluding hydrogens is 340 g/mol. The number of alkyl halides is 1. The highest BCUT2D eigenvalue weighted by molar-refractivity contribution is 9.09. The van der Waals surface area contributed by atoms with Crippen molar-refractivity contribution in [3.63, 3.8) is 0 Å². The quantitative estimate of drug-likeness (QED) is 0.696. The molecule has 1 heterocycles. The van der Waals surface area contributed by atoms with Crippen molar-refractivity contribution < 1.29 is 4.74 Å². The Labute approximate surface area is 142 Å². The summed E-state index contributed by atoms with van der Waals surface area (Å²) >= 11 is 3.60. The number of nitrogens with one attached hydrogen (secondary N) is 2. The van der Waals surface area contributed by atoms with Crippen LogP contribution < -0.4 is 10.6 Å². The first kappa shape index (κ1) is 16.1. The summed E-state index contributed by atoms with van der Waals surface area (Å²) in [5, 5.41) is 8.12. The Bertz CT molecular complexity index is 447. The maximum atomic E-state index is 5.35. The van der Waals surface area contributed by atoms with Crippen molar-refractivity contribution in [2.45, 2.75) is 32.1 Å². The van der Waals surface area contributed by atoms with E-state index < -0.39 is 0 Å². The molecule has 2 aliphatic rings. The third-order valence-corrected chi connectivity index (χ3v) is 6.16. The highest BCUT2D eigenvalue weighted by Crippen LogP contribution is 2.30. The maximum absolute atomic E-state index is 5.35. The fraction of sp³-hybridized carbons (Fsp3) is 0.667. The van der Waals surface area contributed by atoms with Gasteiger partial charge in [0.2, 0.25) is 0 Å². The molecule has 2 fully saturated rings. The van der Waals surface area contributed by atoms with Gasteiger partial charge in [0.25, 0.3) is 0 Å². The lowest BCUT2D eigenvalue weighted by atomic mass is 9.88. The summed E-state index contributed by atoms with van der Waals surface area (Å²) in [6, 6.07) is 8.71. The first-order chi connectivity index (χ1) is 10.8. The Balaban J connectivity index is 1.43. The van der Waals surface area contributed by atoms with E-state index in [1.807, 2.05) is 0 Å². The van der Waals surface area contributed by atoms with Gasteiger partial charge in [0, 0.05) is 35.2 Å². The number of hydrogen-bond donors (Lipinski definition) is 2. The molecule has 0 aromatic heterocycles. The molecule has 1 aliphatic carbocycles. The van der Waals surface area contributed by atoms with Crippen LogP contribution in [-0.2, 0) is 4.74 Å². The second-order valence-electron chi connectivity index (χ2n) is 6.94. The predicted molar refractivity (Wildman–Crippen MR) is 97.0 cm³/mol. The van der Waals surface area contributed by atoms with E-state index >= 15 is 0 Å². The van der Waals surface area contributed by atoms with Crippen LogP contribution in [0.25, 0.3) is 0 Å². The summed E-state index contributed by atoms with van der Waals surface area (Å²) in [5.41, 5.74) is 2.70. The van der Waals surface area contributed by atoms with Crippen LogP contribution in [0.15, 0.2) is 24.3 Å². The van der Waals surface area contributed by atoms with E-state index in [9.17, 15) is 0 Å². The van der Waals surface area contributed by atoms with Crippen molar-refractivity contribution in [3.05, 3.63) is 24.3 Å². The van der Waals surface area contributed by atoms with Gasteiger partial charge in [-0.05, 0) is 43.0 Å². The third-order valence-electron chi connectivity index (χ3n) is 4.97. The molecule has 1 saturated carbocycles. The van der Waals surface area contributed by atoms with E-state index in [-0.39, 0.29) is 5.41 Å². The molecule has 1 aromatic carbocycles. The lowest BCUT2D eigenvalue weighted by Gasteiger charge is -2.40. The Morgan fingerprint density at radius 1 is 1.00 bits per heavy atom. The number of ether oxygens (including phenoxy) is 1. The lowest BCUT2D eigenvalue weighted by Crippen LogP contribution is -2.49. The average molecular weight is 367 g/mol.